The molecule has 5 heteroatoms. The average Bonchev–Trinajstić information content (AvgIpc) is 2.62. The van der Waals surface area contributed by atoms with Gasteiger partial charge in [-0.15, -0.1) is 0 Å². The molecule has 2 aliphatic rings. The van der Waals surface area contributed by atoms with Gasteiger partial charge in [0.15, 0.2) is 11.5 Å². The third-order valence-corrected chi connectivity index (χ3v) is 4.71. The third kappa shape index (κ3) is 3.36. The quantitative estimate of drug-likeness (QED) is 0.868. The van der Waals surface area contributed by atoms with Gasteiger partial charge in [0.25, 0.3) is 0 Å². The lowest BCUT2D eigenvalue weighted by atomic mass is 9.94. The number of nitrogens with zero attached hydrogens (tertiary/aromatic N) is 3. The summed E-state index contributed by atoms with van der Waals surface area (Å²) in [4.78, 5) is 11.5. The molecular formula is C19H23N3O2. The molecular weight excluding hydrogens is 302 g/mol. The number of rotatable bonds is 3. The van der Waals surface area contributed by atoms with Crippen LogP contribution in [-0.4, -0.2) is 41.2 Å². The van der Waals surface area contributed by atoms with Crippen molar-refractivity contribution in [3.8, 4) is 11.5 Å². The Morgan fingerprint density at radius 2 is 2.04 bits per heavy atom. The zero-order valence-corrected chi connectivity index (χ0v) is 14.1. The maximum absolute atomic E-state index is 5.70. The van der Waals surface area contributed by atoms with Crippen molar-refractivity contribution in [3.05, 3.63) is 47.5 Å². The Morgan fingerprint density at radius 1 is 1.17 bits per heavy atom. The highest BCUT2D eigenvalue weighted by molar-refractivity contribution is 5.43. The second-order valence-electron chi connectivity index (χ2n) is 6.64. The summed E-state index contributed by atoms with van der Waals surface area (Å²) in [6.07, 6.45) is 6.13. The van der Waals surface area contributed by atoms with Crippen molar-refractivity contribution in [3.63, 3.8) is 0 Å². The van der Waals surface area contributed by atoms with Crippen LogP contribution in [0.1, 0.15) is 35.7 Å². The summed E-state index contributed by atoms with van der Waals surface area (Å²) in [5, 5.41) is 0. The average molecular weight is 325 g/mol. The van der Waals surface area contributed by atoms with Crippen molar-refractivity contribution < 1.29 is 9.47 Å². The molecule has 2 aromatic rings. The van der Waals surface area contributed by atoms with Crippen LogP contribution in [0.25, 0.3) is 0 Å². The number of fused-ring (bicyclic) bond motifs is 1. The summed E-state index contributed by atoms with van der Waals surface area (Å²) in [6, 6.07) is 6.28. The van der Waals surface area contributed by atoms with Gasteiger partial charge in [-0.05, 0) is 44.0 Å². The first-order valence-electron chi connectivity index (χ1n) is 8.67. The number of aromatic nitrogens is 2. The Labute approximate surface area is 142 Å². The van der Waals surface area contributed by atoms with Crippen LogP contribution in [0, 0.1) is 6.92 Å². The summed E-state index contributed by atoms with van der Waals surface area (Å²) in [6.45, 7) is 6.38. The maximum Gasteiger partial charge on any atom is 0.161 e. The second kappa shape index (κ2) is 6.77. The topological polar surface area (TPSA) is 47.5 Å². The van der Waals surface area contributed by atoms with E-state index in [1.54, 1.807) is 0 Å². The molecule has 0 bridgehead atoms. The van der Waals surface area contributed by atoms with Gasteiger partial charge < -0.3 is 9.47 Å². The molecule has 1 saturated heterocycles. The Morgan fingerprint density at radius 3 is 2.92 bits per heavy atom. The first kappa shape index (κ1) is 15.4. The Kier molecular flexibility index (Phi) is 4.34. The minimum absolute atomic E-state index is 0.475. The molecule has 1 atom stereocenters. The van der Waals surface area contributed by atoms with Crippen LogP contribution in [0.4, 0.5) is 0 Å². The molecule has 0 unspecified atom stereocenters. The highest BCUT2D eigenvalue weighted by atomic mass is 16.6. The van der Waals surface area contributed by atoms with Gasteiger partial charge in [0.2, 0.25) is 0 Å². The molecule has 1 aromatic carbocycles. The fourth-order valence-electron chi connectivity index (χ4n) is 3.56. The number of benzene rings is 1. The highest BCUT2D eigenvalue weighted by Crippen LogP contribution is 2.32. The Balaban J connectivity index is 1.45. The summed E-state index contributed by atoms with van der Waals surface area (Å²) in [5.74, 6) is 2.21. The van der Waals surface area contributed by atoms with Gasteiger partial charge in [-0.1, -0.05) is 6.07 Å². The molecule has 0 radical (unpaired) electrons. The van der Waals surface area contributed by atoms with Crippen LogP contribution < -0.4 is 9.47 Å². The number of hydrogen-bond acceptors (Lipinski definition) is 5. The third-order valence-electron chi connectivity index (χ3n) is 4.71. The minimum Gasteiger partial charge on any atom is -0.486 e. The molecule has 4 rings (SSSR count). The van der Waals surface area contributed by atoms with E-state index in [2.05, 4.69) is 27.0 Å². The van der Waals surface area contributed by atoms with Crippen LogP contribution in [0.2, 0.25) is 0 Å². The smallest absolute Gasteiger partial charge is 0.161 e. The molecule has 0 spiro atoms. The van der Waals surface area contributed by atoms with Crippen LogP contribution >= 0.6 is 0 Å². The molecule has 1 fully saturated rings. The van der Waals surface area contributed by atoms with E-state index in [1.807, 2.05) is 25.4 Å². The van der Waals surface area contributed by atoms with Crippen molar-refractivity contribution in [1.29, 1.82) is 0 Å². The number of ether oxygens (including phenoxy) is 2. The van der Waals surface area contributed by atoms with Gasteiger partial charge in [0.1, 0.15) is 13.2 Å². The Hall–Kier alpha value is -2.14. The maximum atomic E-state index is 5.70. The van der Waals surface area contributed by atoms with Crippen LogP contribution in [0.5, 0.6) is 11.5 Å². The van der Waals surface area contributed by atoms with E-state index in [9.17, 15) is 0 Å². The molecule has 3 heterocycles. The number of piperidine rings is 1. The normalized spacial score (nSPS) is 20.8. The summed E-state index contributed by atoms with van der Waals surface area (Å²) in [7, 11) is 0. The summed E-state index contributed by atoms with van der Waals surface area (Å²) in [5.41, 5.74) is 3.40. The van der Waals surface area contributed by atoms with Crippen LogP contribution in [0.15, 0.2) is 30.6 Å². The van der Waals surface area contributed by atoms with Crippen molar-refractivity contribution in [1.82, 2.24) is 14.9 Å². The van der Waals surface area contributed by atoms with Gasteiger partial charge in [-0.3, -0.25) is 14.9 Å². The van der Waals surface area contributed by atoms with Crippen LogP contribution in [-0.2, 0) is 6.54 Å². The standard InChI is InChI=1S/C19H23N3O2/c1-14-10-20-11-17(21-14)16-3-2-6-22(13-16)12-15-4-5-18-19(9-15)24-8-7-23-18/h4-5,9-11,16H,2-3,6-8,12-13H2,1H3/t16-/m1/s1. The number of likely N-dealkylation sites (tertiary alicyclic amines) is 1. The lowest BCUT2D eigenvalue weighted by Gasteiger charge is -2.32. The SMILES string of the molecule is Cc1cncc([C@@H]2CCCN(Cc3ccc4c(c3)OCCO4)C2)n1. The van der Waals surface area contributed by atoms with Crippen molar-refractivity contribution in [2.75, 3.05) is 26.3 Å². The second-order valence-corrected chi connectivity index (χ2v) is 6.64. The van der Waals surface area contributed by atoms with E-state index in [0.29, 0.717) is 19.1 Å². The number of hydrogen-bond donors (Lipinski definition) is 0. The van der Waals surface area contributed by atoms with E-state index in [4.69, 9.17) is 9.47 Å². The lowest BCUT2D eigenvalue weighted by molar-refractivity contribution is 0.170. The highest BCUT2D eigenvalue weighted by Gasteiger charge is 2.23. The van der Waals surface area contributed by atoms with Gasteiger partial charge in [-0.2, -0.15) is 0 Å². The van der Waals surface area contributed by atoms with E-state index >= 15 is 0 Å². The summed E-state index contributed by atoms with van der Waals surface area (Å²) >= 11 is 0. The van der Waals surface area contributed by atoms with E-state index in [1.165, 1.54) is 18.4 Å². The molecule has 0 saturated carbocycles. The van der Waals surface area contributed by atoms with Crippen LogP contribution in [0.3, 0.4) is 0 Å². The van der Waals surface area contributed by atoms with E-state index < -0.39 is 0 Å². The van der Waals surface area contributed by atoms with Gasteiger partial charge in [0, 0.05) is 31.4 Å². The van der Waals surface area contributed by atoms with Crippen molar-refractivity contribution in [2.45, 2.75) is 32.2 Å². The zero-order valence-electron chi connectivity index (χ0n) is 14.1. The monoisotopic (exact) mass is 325 g/mol. The van der Waals surface area contributed by atoms with E-state index in [0.717, 1.165) is 42.5 Å². The fourth-order valence-corrected chi connectivity index (χ4v) is 3.56. The largest absolute Gasteiger partial charge is 0.486 e. The predicted octanol–water partition coefficient (Wildman–Crippen LogP) is 2.94. The fraction of sp³-hybridized carbons (Fsp3) is 0.474. The molecule has 126 valence electrons. The van der Waals surface area contributed by atoms with Gasteiger partial charge in [-0.25, -0.2) is 0 Å². The molecule has 0 amide bonds. The lowest BCUT2D eigenvalue weighted by Crippen LogP contribution is -2.34. The molecule has 24 heavy (non-hydrogen) atoms. The van der Waals surface area contributed by atoms with Crippen molar-refractivity contribution in [2.24, 2.45) is 0 Å². The summed E-state index contributed by atoms with van der Waals surface area (Å²) < 4.78 is 11.3. The predicted molar refractivity (Wildman–Crippen MR) is 91.5 cm³/mol. The molecule has 2 aliphatic heterocycles. The first-order valence-corrected chi connectivity index (χ1v) is 8.67. The zero-order chi connectivity index (χ0) is 16.4. The molecule has 0 aliphatic carbocycles. The minimum atomic E-state index is 0.475. The van der Waals surface area contributed by atoms with E-state index in [-0.39, 0.29) is 0 Å². The number of aryl methyl sites for hydroxylation is 1. The Bertz CT molecular complexity index is 720. The molecule has 1 aromatic heterocycles. The molecule has 0 N–H and O–H groups in total. The van der Waals surface area contributed by atoms with Gasteiger partial charge in [0.05, 0.1) is 11.4 Å². The molecule has 5 nitrogen and oxygen atoms in total. The van der Waals surface area contributed by atoms with Gasteiger partial charge >= 0.3 is 0 Å². The van der Waals surface area contributed by atoms with Crippen molar-refractivity contribution >= 4 is 0 Å². The first-order chi connectivity index (χ1) is 11.8.